The summed E-state index contributed by atoms with van der Waals surface area (Å²) in [6.45, 7) is 1.43. The van der Waals surface area contributed by atoms with Gasteiger partial charge in [-0.25, -0.2) is 8.78 Å². The van der Waals surface area contributed by atoms with Crippen molar-refractivity contribution in [3.8, 4) is 6.07 Å². The Morgan fingerprint density at radius 1 is 1.19 bits per heavy atom. The Kier molecular flexibility index (Phi) is 4.35. The van der Waals surface area contributed by atoms with Gasteiger partial charge in [-0.05, 0) is 36.2 Å². The van der Waals surface area contributed by atoms with Gasteiger partial charge in [-0.15, -0.1) is 0 Å². The van der Waals surface area contributed by atoms with Crippen LogP contribution >= 0.6 is 11.6 Å². The zero-order valence-corrected chi connectivity index (χ0v) is 11.8. The molecule has 21 heavy (non-hydrogen) atoms. The third-order valence-corrected chi connectivity index (χ3v) is 3.38. The highest BCUT2D eigenvalue weighted by molar-refractivity contribution is 6.30. The Hall–Kier alpha value is -2.25. The largest absolute Gasteiger partial charge is 0.292 e. The number of nitriles is 1. The average Bonchev–Trinajstić information content (AvgIpc) is 2.46. The number of Topliss-reactive ketones (excluding diaryl/α,β-unsaturated/α-hetero) is 1. The number of hydrogen-bond donors (Lipinski definition) is 0. The average molecular weight is 306 g/mol. The number of benzene rings is 2. The standard InChI is InChI=1S/C16H10ClF2NO/c1-9-2-7-13(18)14(15(9)19)16(21)12(8-20)10-3-5-11(17)6-4-10/h2-7,12H,1H3. The first kappa shape index (κ1) is 15.1. The first-order chi connectivity index (χ1) is 9.95. The minimum atomic E-state index is -1.28. The molecule has 0 saturated carbocycles. The fraction of sp³-hybridized carbons (Fsp3) is 0.125. The SMILES string of the molecule is Cc1ccc(F)c(C(=O)C(C#N)c2ccc(Cl)cc2)c1F. The second-order valence-electron chi connectivity index (χ2n) is 4.53. The summed E-state index contributed by atoms with van der Waals surface area (Å²) in [7, 11) is 0. The van der Waals surface area contributed by atoms with Crippen molar-refractivity contribution >= 4 is 17.4 Å². The molecule has 2 aromatic rings. The van der Waals surface area contributed by atoms with E-state index < -0.39 is 28.9 Å². The van der Waals surface area contributed by atoms with Crippen LogP contribution in [0.3, 0.4) is 0 Å². The lowest BCUT2D eigenvalue weighted by Gasteiger charge is -2.11. The van der Waals surface area contributed by atoms with E-state index in [0.29, 0.717) is 10.6 Å². The highest BCUT2D eigenvalue weighted by atomic mass is 35.5. The summed E-state index contributed by atoms with van der Waals surface area (Å²) in [4.78, 5) is 12.3. The van der Waals surface area contributed by atoms with Gasteiger partial charge in [0.2, 0.25) is 0 Å². The summed E-state index contributed by atoms with van der Waals surface area (Å²) in [5.74, 6) is -4.10. The van der Waals surface area contributed by atoms with E-state index >= 15 is 0 Å². The predicted octanol–water partition coefficient (Wildman–Crippen LogP) is 4.42. The molecule has 0 aliphatic rings. The fourth-order valence-corrected chi connectivity index (χ4v) is 2.09. The molecule has 5 heteroatoms. The van der Waals surface area contributed by atoms with Crippen LogP contribution in [0.25, 0.3) is 0 Å². The minimum absolute atomic E-state index is 0.146. The number of carbonyl (C=O) groups is 1. The van der Waals surface area contributed by atoms with Crippen LogP contribution in [0.4, 0.5) is 8.78 Å². The molecule has 0 aromatic heterocycles. The molecule has 0 N–H and O–H groups in total. The molecule has 0 amide bonds. The molecule has 0 heterocycles. The number of carbonyl (C=O) groups excluding carboxylic acids is 1. The van der Waals surface area contributed by atoms with E-state index in [-0.39, 0.29) is 5.56 Å². The van der Waals surface area contributed by atoms with E-state index in [0.717, 1.165) is 6.07 Å². The van der Waals surface area contributed by atoms with Gasteiger partial charge in [0.05, 0.1) is 11.6 Å². The number of rotatable bonds is 3. The third kappa shape index (κ3) is 2.93. The number of ketones is 1. The predicted molar refractivity (Wildman–Crippen MR) is 75.2 cm³/mol. The molecule has 2 nitrogen and oxygen atoms in total. The van der Waals surface area contributed by atoms with Gasteiger partial charge in [-0.1, -0.05) is 29.8 Å². The van der Waals surface area contributed by atoms with Crippen molar-refractivity contribution in [1.82, 2.24) is 0 Å². The molecule has 0 aliphatic heterocycles. The van der Waals surface area contributed by atoms with Crippen LogP contribution < -0.4 is 0 Å². The van der Waals surface area contributed by atoms with Gasteiger partial charge in [0.1, 0.15) is 17.6 Å². The maximum absolute atomic E-state index is 14.0. The van der Waals surface area contributed by atoms with Crippen LogP contribution in [-0.2, 0) is 0 Å². The highest BCUT2D eigenvalue weighted by Crippen LogP contribution is 2.26. The van der Waals surface area contributed by atoms with Crippen LogP contribution in [0, 0.1) is 29.9 Å². The normalized spacial score (nSPS) is 11.8. The van der Waals surface area contributed by atoms with Gasteiger partial charge >= 0.3 is 0 Å². The molecule has 2 rings (SSSR count). The first-order valence-electron chi connectivity index (χ1n) is 6.09. The molecule has 0 fully saturated rings. The summed E-state index contributed by atoms with van der Waals surface area (Å²) in [6.07, 6.45) is 0. The molecule has 0 saturated heterocycles. The lowest BCUT2D eigenvalue weighted by molar-refractivity contribution is 0.0970. The Morgan fingerprint density at radius 2 is 1.81 bits per heavy atom. The molecule has 106 valence electrons. The van der Waals surface area contributed by atoms with E-state index in [1.807, 2.05) is 0 Å². The van der Waals surface area contributed by atoms with Crippen molar-refractivity contribution in [2.24, 2.45) is 0 Å². The van der Waals surface area contributed by atoms with Gasteiger partial charge in [0.15, 0.2) is 5.78 Å². The summed E-state index contributed by atoms with van der Waals surface area (Å²) < 4.78 is 27.8. The molecule has 1 unspecified atom stereocenters. The summed E-state index contributed by atoms with van der Waals surface area (Å²) in [5.41, 5.74) is -0.198. The van der Waals surface area contributed by atoms with E-state index in [9.17, 15) is 18.8 Å². The Labute approximate surface area is 125 Å². The number of nitrogens with zero attached hydrogens (tertiary/aromatic N) is 1. The van der Waals surface area contributed by atoms with E-state index in [1.54, 1.807) is 6.07 Å². The van der Waals surface area contributed by atoms with Crippen molar-refractivity contribution in [2.45, 2.75) is 12.8 Å². The van der Waals surface area contributed by atoms with E-state index in [2.05, 4.69) is 0 Å². The van der Waals surface area contributed by atoms with E-state index in [1.165, 1.54) is 37.3 Å². The molecular weight excluding hydrogens is 296 g/mol. The molecule has 0 bridgehead atoms. The van der Waals surface area contributed by atoms with Gasteiger partial charge in [-0.2, -0.15) is 5.26 Å². The van der Waals surface area contributed by atoms with Crippen LogP contribution in [0.5, 0.6) is 0 Å². The molecule has 0 radical (unpaired) electrons. The van der Waals surface area contributed by atoms with Crippen molar-refractivity contribution in [2.75, 3.05) is 0 Å². The second-order valence-corrected chi connectivity index (χ2v) is 4.97. The van der Waals surface area contributed by atoms with Gasteiger partial charge < -0.3 is 0 Å². The smallest absolute Gasteiger partial charge is 0.190 e. The Balaban J connectivity index is 2.50. The topological polar surface area (TPSA) is 40.9 Å². The maximum Gasteiger partial charge on any atom is 0.190 e. The fourth-order valence-electron chi connectivity index (χ4n) is 1.97. The van der Waals surface area contributed by atoms with E-state index in [4.69, 9.17) is 11.6 Å². The zero-order valence-electron chi connectivity index (χ0n) is 11.0. The minimum Gasteiger partial charge on any atom is -0.292 e. The van der Waals surface area contributed by atoms with Crippen LogP contribution in [0.2, 0.25) is 5.02 Å². The summed E-state index contributed by atoms with van der Waals surface area (Å²) >= 11 is 5.74. The Morgan fingerprint density at radius 3 is 2.38 bits per heavy atom. The summed E-state index contributed by atoms with van der Waals surface area (Å²) in [6, 6.07) is 10.0. The maximum atomic E-state index is 14.0. The lowest BCUT2D eigenvalue weighted by Crippen LogP contribution is -2.15. The lowest BCUT2D eigenvalue weighted by atomic mass is 9.90. The van der Waals surface area contributed by atoms with Gasteiger partial charge in [0, 0.05) is 5.02 Å². The Bertz CT molecular complexity index is 735. The molecule has 1 atom stereocenters. The highest BCUT2D eigenvalue weighted by Gasteiger charge is 2.28. The van der Waals surface area contributed by atoms with Gasteiger partial charge in [-0.3, -0.25) is 4.79 Å². The summed E-state index contributed by atoms with van der Waals surface area (Å²) in [5, 5.41) is 9.62. The van der Waals surface area contributed by atoms with Crippen LogP contribution in [0.1, 0.15) is 27.4 Å². The monoisotopic (exact) mass is 305 g/mol. The van der Waals surface area contributed by atoms with Gasteiger partial charge in [0.25, 0.3) is 0 Å². The van der Waals surface area contributed by atoms with Crippen molar-refractivity contribution in [3.05, 3.63) is 69.7 Å². The second kappa shape index (κ2) is 6.02. The van der Waals surface area contributed by atoms with Crippen LogP contribution in [0.15, 0.2) is 36.4 Å². The van der Waals surface area contributed by atoms with Crippen molar-refractivity contribution < 1.29 is 13.6 Å². The van der Waals surface area contributed by atoms with Crippen molar-refractivity contribution in [3.63, 3.8) is 0 Å². The van der Waals surface area contributed by atoms with Crippen LogP contribution in [-0.4, -0.2) is 5.78 Å². The first-order valence-corrected chi connectivity index (χ1v) is 6.47. The third-order valence-electron chi connectivity index (χ3n) is 3.13. The number of hydrogen-bond acceptors (Lipinski definition) is 2. The molecule has 2 aromatic carbocycles. The molecular formula is C16H10ClF2NO. The quantitative estimate of drug-likeness (QED) is 0.788. The molecule has 0 spiro atoms. The number of halogens is 3. The number of aryl methyl sites for hydroxylation is 1. The zero-order chi connectivity index (χ0) is 15.6. The van der Waals surface area contributed by atoms with Crippen molar-refractivity contribution in [1.29, 1.82) is 5.26 Å². The molecule has 0 aliphatic carbocycles.